The number of rotatable bonds is 9. The second-order valence-corrected chi connectivity index (χ2v) is 6.62. The molecule has 0 aliphatic heterocycles. The molecule has 148 valence electrons. The zero-order chi connectivity index (χ0) is 18.7. The summed E-state index contributed by atoms with van der Waals surface area (Å²) in [4.78, 5) is 17.9. The average Bonchev–Trinajstić information content (AvgIpc) is 2.60. The molecule has 0 aromatic heterocycles. The molecule has 0 spiro atoms. The second-order valence-electron chi connectivity index (χ2n) is 6.62. The first-order chi connectivity index (χ1) is 11.9. The molecule has 1 amide bonds. The first-order valence-corrected chi connectivity index (χ1v) is 8.77. The van der Waals surface area contributed by atoms with Crippen molar-refractivity contribution in [2.24, 2.45) is 10.9 Å². The summed E-state index contributed by atoms with van der Waals surface area (Å²) in [7, 11) is 5.14. The average molecular weight is 476 g/mol. The Labute approximate surface area is 174 Å². The van der Waals surface area contributed by atoms with E-state index in [0.717, 1.165) is 30.7 Å². The molecule has 0 radical (unpaired) electrons. The third-order valence-corrected chi connectivity index (χ3v) is 3.74. The number of nitrogens with one attached hydrogen (secondary N) is 2. The van der Waals surface area contributed by atoms with E-state index in [-0.39, 0.29) is 36.4 Å². The lowest BCUT2D eigenvalue weighted by atomic mass is 10.1. The zero-order valence-corrected chi connectivity index (χ0v) is 18.9. The van der Waals surface area contributed by atoms with E-state index >= 15 is 0 Å². The van der Waals surface area contributed by atoms with Crippen molar-refractivity contribution in [2.45, 2.75) is 33.2 Å². The number of ether oxygens (including phenoxy) is 1. The number of methoxy groups -OCH3 is 1. The molecular formula is C19H33IN4O2. The molecular weight excluding hydrogens is 443 g/mol. The smallest absolute Gasteiger partial charge is 0.241 e. The number of carbonyl (C=O) groups is 1. The van der Waals surface area contributed by atoms with Crippen molar-refractivity contribution < 1.29 is 9.53 Å². The number of halogens is 1. The maximum absolute atomic E-state index is 11.8. The van der Waals surface area contributed by atoms with Crippen molar-refractivity contribution >= 4 is 35.8 Å². The van der Waals surface area contributed by atoms with E-state index in [2.05, 4.69) is 29.5 Å². The highest BCUT2D eigenvalue weighted by atomic mass is 127. The SMILES string of the molecule is COc1ccc(CN=C(NCCCC(C)C)NCC(=O)N(C)C)cc1.I. The maximum Gasteiger partial charge on any atom is 0.241 e. The quantitative estimate of drug-likeness (QED) is 0.249. The molecule has 1 aromatic rings. The van der Waals surface area contributed by atoms with Crippen LogP contribution in [0, 0.1) is 5.92 Å². The first kappa shape index (κ1) is 24.5. The largest absolute Gasteiger partial charge is 0.497 e. The predicted molar refractivity (Wildman–Crippen MR) is 118 cm³/mol. The monoisotopic (exact) mass is 476 g/mol. The highest BCUT2D eigenvalue weighted by molar-refractivity contribution is 14.0. The van der Waals surface area contributed by atoms with Crippen LogP contribution in [-0.4, -0.2) is 51.1 Å². The molecule has 6 nitrogen and oxygen atoms in total. The second kappa shape index (κ2) is 13.7. The summed E-state index contributed by atoms with van der Waals surface area (Å²) in [5.41, 5.74) is 1.09. The Morgan fingerprint density at radius 3 is 2.38 bits per heavy atom. The van der Waals surface area contributed by atoms with E-state index in [9.17, 15) is 4.79 Å². The Kier molecular flexibility index (Phi) is 12.9. The number of guanidine groups is 1. The van der Waals surface area contributed by atoms with Gasteiger partial charge in [-0.3, -0.25) is 4.79 Å². The maximum atomic E-state index is 11.8. The number of hydrogen-bond acceptors (Lipinski definition) is 3. The van der Waals surface area contributed by atoms with Crippen LogP contribution < -0.4 is 15.4 Å². The van der Waals surface area contributed by atoms with Gasteiger partial charge in [-0.1, -0.05) is 26.0 Å². The summed E-state index contributed by atoms with van der Waals surface area (Å²) in [5, 5.41) is 6.41. The van der Waals surface area contributed by atoms with E-state index in [1.165, 1.54) is 0 Å². The molecule has 0 saturated carbocycles. The normalized spacial score (nSPS) is 10.9. The summed E-state index contributed by atoms with van der Waals surface area (Å²) >= 11 is 0. The number of nitrogens with zero attached hydrogens (tertiary/aromatic N) is 2. The van der Waals surface area contributed by atoms with Gasteiger partial charge in [-0.05, 0) is 36.5 Å². The van der Waals surface area contributed by atoms with Gasteiger partial charge in [0.1, 0.15) is 5.75 Å². The highest BCUT2D eigenvalue weighted by Crippen LogP contribution is 2.11. The van der Waals surface area contributed by atoms with E-state index in [0.29, 0.717) is 18.4 Å². The summed E-state index contributed by atoms with van der Waals surface area (Å²) in [6.07, 6.45) is 2.23. The van der Waals surface area contributed by atoms with Crippen LogP contribution in [0.25, 0.3) is 0 Å². The van der Waals surface area contributed by atoms with Gasteiger partial charge in [0.2, 0.25) is 5.91 Å². The van der Waals surface area contributed by atoms with Gasteiger partial charge >= 0.3 is 0 Å². The van der Waals surface area contributed by atoms with Crippen LogP contribution in [0.1, 0.15) is 32.3 Å². The van der Waals surface area contributed by atoms with E-state index in [4.69, 9.17) is 4.74 Å². The summed E-state index contributed by atoms with van der Waals surface area (Å²) in [6.45, 7) is 6.04. The number of carbonyl (C=O) groups excluding carboxylic acids is 1. The van der Waals surface area contributed by atoms with Gasteiger partial charge in [0.25, 0.3) is 0 Å². The fourth-order valence-corrected chi connectivity index (χ4v) is 2.11. The number of amides is 1. The van der Waals surface area contributed by atoms with Gasteiger partial charge in [-0.25, -0.2) is 4.99 Å². The fourth-order valence-electron chi connectivity index (χ4n) is 2.11. The van der Waals surface area contributed by atoms with Gasteiger partial charge in [0.05, 0.1) is 20.2 Å². The van der Waals surface area contributed by atoms with Crippen LogP contribution in [0.3, 0.4) is 0 Å². The van der Waals surface area contributed by atoms with Gasteiger partial charge in [-0.15, -0.1) is 24.0 Å². The first-order valence-electron chi connectivity index (χ1n) is 8.77. The number of hydrogen-bond donors (Lipinski definition) is 2. The van der Waals surface area contributed by atoms with Crippen LogP contribution in [0.15, 0.2) is 29.3 Å². The fraction of sp³-hybridized carbons (Fsp3) is 0.579. The number of likely N-dealkylation sites (N-methyl/N-ethyl adjacent to an activating group) is 1. The van der Waals surface area contributed by atoms with Crippen molar-refractivity contribution in [1.82, 2.24) is 15.5 Å². The zero-order valence-electron chi connectivity index (χ0n) is 16.5. The number of benzene rings is 1. The van der Waals surface area contributed by atoms with Crippen molar-refractivity contribution in [3.8, 4) is 5.75 Å². The molecule has 1 aromatic carbocycles. The third kappa shape index (κ3) is 10.5. The summed E-state index contributed by atoms with van der Waals surface area (Å²) in [5.74, 6) is 2.19. The molecule has 0 aliphatic rings. The minimum atomic E-state index is 0. The Hall–Kier alpha value is -1.51. The molecule has 0 aliphatic carbocycles. The van der Waals surface area contributed by atoms with Gasteiger partial charge < -0.3 is 20.3 Å². The highest BCUT2D eigenvalue weighted by Gasteiger charge is 2.06. The van der Waals surface area contributed by atoms with Gasteiger partial charge in [0, 0.05) is 20.6 Å². The molecule has 0 bridgehead atoms. The minimum absolute atomic E-state index is 0. The molecule has 0 unspecified atom stereocenters. The Morgan fingerprint density at radius 2 is 1.85 bits per heavy atom. The predicted octanol–water partition coefficient (Wildman–Crippen LogP) is 2.87. The molecule has 0 fully saturated rings. The minimum Gasteiger partial charge on any atom is -0.497 e. The lowest BCUT2D eigenvalue weighted by Crippen LogP contribution is -2.43. The topological polar surface area (TPSA) is 66.0 Å². The van der Waals surface area contributed by atoms with Crippen LogP contribution in [0.4, 0.5) is 0 Å². The van der Waals surface area contributed by atoms with Crippen molar-refractivity contribution in [3.05, 3.63) is 29.8 Å². The molecule has 1 rings (SSSR count). The van der Waals surface area contributed by atoms with Crippen LogP contribution >= 0.6 is 24.0 Å². The van der Waals surface area contributed by atoms with Crippen molar-refractivity contribution in [3.63, 3.8) is 0 Å². The third-order valence-electron chi connectivity index (χ3n) is 3.74. The lowest BCUT2D eigenvalue weighted by molar-refractivity contribution is -0.127. The molecule has 2 N–H and O–H groups in total. The summed E-state index contributed by atoms with van der Waals surface area (Å²) in [6, 6.07) is 7.82. The van der Waals surface area contributed by atoms with Crippen LogP contribution in [0.5, 0.6) is 5.75 Å². The van der Waals surface area contributed by atoms with Crippen LogP contribution in [-0.2, 0) is 11.3 Å². The van der Waals surface area contributed by atoms with E-state index in [1.54, 1.807) is 26.1 Å². The Bertz CT molecular complexity index is 545. The lowest BCUT2D eigenvalue weighted by Gasteiger charge is -2.15. The molecule has 0 atom stereocenters. The van der Waals surface area contributed by atoms with Crippen molar-refractivity contribution in [2.75, 3.05) is 34.3 Å². The van der Waals surface area contributed by atoms with Crippen LogP contribution in [0.2, 0.25) is 0 Å². The Morgan fingerprint density at radius 1 is 1.19 bits per heavy atom. The van der Waals surface area contributed by atoms with Gasteiger partial charge in [-0.2, -0.15) is 0 Å². The van der Waals surface area contributed by atoms with Gasteiger partial charge in [0.15, 0.2) is 5.96 Å². The molecule has 0 heterocycles. The number of aliphatic imine (C=N–C) groups is 1. The van der Waals surface area contributed by atoms with E-state index in [1.807, 2.05) is 24.3 Å². The van der Waals surface area contributed by atoms with Crippen molar-refractivity contribution in [1.29, 1.82) is 0 Å². The standard InChI is InChI=1S/C19H32N4O2.HI/c1-15(2)7-6-12-20-19(22-14-18(24)23(3)4)21-13-16-8-10-17(25-5)11-9-16;/h8-11,15H,6-7,12-14H2,1-5H3,(H2,20,21,22);1H. The summed E-state index contributed by atoms with van der Waals surface area (Å²) < 4.78 is 5.16. The molecule has 0 saturated heterocycles. The Balaban J connectivity index is 0.00000625. The molecule has 7 heteroatoms. The van der Waals surface area contributed by atoms with E-state index < -0.39 is 0 Å². The molecule has 26 heavy (non-hydrogen) atoms.